The number of hydrogen-bond donors (Lipinski definition) is 0. The van der Waals surface area contributed by atoms with E-state index in [1.807, 2.05) is 32.0 Å². The van der Waals surface area contributed by atoms with Gasteiger partial charge in [0.05, 0.1) is 13.2 Å². The molecule has 2 atom stereocenters. The summed E-state index contributed by atoms with van der Waals surface area (Å²) < 4.78 is 12.0. The van der Waals surface area contributed by atoms with E-state index < -0.39 is 0 Å². The molecule has 5 heteroatoms. The number of benzene rings is 2. The Morgan fingerprint density at radius 2 is 1.85 bits per heavy atom. The van der Waals surface area contributed by atoms with E-state index in [0.29, 0.717) is 25.4 Å². The molecule has 0 aliphatic carbocycles. The van der Waals surface area contributed by atoms with Crippen molar-refractivity contribution >= 4 is 11.6 Å². The summed E-state index contributed by atoms with van der Waals surface area (Å²) in [6, 6.07) is 16.9. The summed E-state index contributed by atoms with van der Waals surface area (Å²) in [6.07, 6.45) is 3.47. The molecule has 0 saturated carbocycles. The van der Waals surface area contributed by atoms with Crippen molar-refractivity contribution in [1.82, 2.24) is 4.90 Å². The maximum Gasteiger partial charge on any atom is 0.222 e. The summed E-state index contributed by atoms with van der Waals surface area (Å²) in [6.45, 7) is 8.48. The topological polar surface area (TPSA) is 42.0 Å². The van der Waals surface area contributed by atoms with Crippen molar-refractivity contribution in [1.29, 1.82) is 0 Å². The molecule has 5 nitrogen and oxygen atoms in total. The maximum atomic E-state index is 13.0. The lowest BCUT2D eigenvalue weighted by molar-refractivity contribution is -0.132. The molecule has 0 bridgehead atoms. The average molecular weight is 467 g/mol. The largest absolute Gasteiger partial charge is 0.496 e. The number of rotatable bonds is 10. The Morgan fingerprint density at radius 3 is 2.47 bits per heavy atom. The third kappa shape index (κ3) is 6.12. The summed E-state index contributed by atoms with van der Waals surface area (Å²) in [5, 5.41) is 0. The molecular weight excluding hydrogens is 424 g/mol. The van der Waals surface area contributed by atoms with Crippen LogP contribution in [0.5, 0.6) is 5.75 Å². The highest BCUT2D eigenvalue weighted by Crippen LogP contribution is 2.45. The van der Waals surface area contributed by atoms with Crippen molar-refractivity contribution in [2.45, 2.75) is 64.5 Å². The molecule has 1 saturated heterocycles. The van der Waals surface area contributed by atoms with Gasteiger partial charge in [-0.15, -0.1) is 0 Å². The molecule has 1 fully saturated rings. The van der Waals surface area contributed by atoms with Crippen molar-refractivity contribution in [2.75, 3.05) is 39.3 Å². The zero-order valence-corrected chi connectivity index (χ0v) is 21.8. The monoisotopic (exact) mass is 466 g/mol. The molecule has 0 N–H and O–H groups in total. The zero-order chi connectivity index (χ0) is 24.7. The fourth-order valence-electron chi connectivity index (χ4n) is 5.05. The Balaban J connectivity index is 1.87. The third-order valence-electron chi connectivity index (χ3n) is 7.27. The minimum atomic E-state index is -0.0825. The van der Waals surface area contributed by atoms with Gasteiger partial charge in [-0.2, -0.15) is 0 Å². The quantitative estimate of drug-likeness (QED) is 0.453. The van der Waals surface area contributed by atoms with E-state index >= 15 is 0 Å². The highest BCUT2D eigenvalue weighted by atomic mass is 16.5. The predicted octanol–water partition coefficient (Wildman–Crippen LogP) is 5.66. The van der Waals surface area contributed by atoms with Crippen LogP contribution in [0.4, 0.5) is 5.69 Å². The van der Waals surface area contributed by atoms with E-state index in [1.54, 1.807) is 7.11 Å². The van der Waals surface area contributed by atoms with Gasteiger partial charge in [0.2, 0.25) is 5.91 Å². The maximum absolute atomic E-state index is 13.0. The van der Waals surface area contributed by atoms with Gasteiger partial charge in [0.15, 0.2) is 0 Å². The molecule has 3 rings (SSSR count). The van der Waals surface area contributed by atoms with Crippen molar-refractivity contribution < 1.29 is 14.3 Å². The molecule has 2 aromatic rings. The zero-order valence-electron chi connectivity index (χ0n) is 21.8. The number of para-hydroxylation sites is 1. The summed E-state index contributed by atoms with van der Waals surface area (Å²) in [5.41, 5.74) is 3.48. The van der Waals surface area contributed by atoms with Gasteiger partial charge >= 0.3 is 0 Å². The van der Waals surface area contributed by atoms with Crippen LogP contribution < -0.4 is 9.64 Å². The van der Waals surface area contributed by atoms with Crippen molar-refractivity contribution in [3.05, 3.63) is 59.7 Å². The molecule has 1 aliphatic heterocycles. The number of nitrogens with zero attached hydrogens (tertiary/aromatic N) is 2. The van der Waals surface area contributed by atoms with Crippen LogP contribution in [-0.4, -0.2) is 51.3 Å². The first kappa shape index (κ1) is 26.1. The summed E-state index contributed by atoms with van der Waals surface area (Å²) >= 11 is 0. The number of methoxy groups -OCH3 is 1. The second-order valence-electron chi connectivity index (χ2n) is 10.1. The molecule has 1 aliphatic rings. The number of carbonyl (C=O) groups excluding carboxylic acids is 1. The second kappa shape index (κ2) is 11.7. The third-order valence-corrected chi connectivity index (χ3v) is 7.27. The average Bonchev–Trinajstić information content (AvgIpc) is 2.86. The smallest absolute Gasteiger partial charge is 0.222 e. The van der Waals surface area contributed by atoms with Gasteiger partial charge in [0.25, 0.3) is 0 Å². The van der Waals surface area contributed by atoms with Crippen LogP contribution in [0.1, 0.15) is 57.6 Å². The summed E-state index contributed by atoms with van der Waals surface area (Å²) in [7, 11) is 5.82. The molecule has 186 valence electrons. The van der Waals surface area contributed by atoms with E-state index in [0.717, 1.165) is 42.9 Å². The lowest BCUT2D eigenvalue weighted by Gasteiger charge is -2.44. The van der Waals surface area contributed by atoms with Crippen LogP contribution in [0.3, 0.4) is 0 Å². The number of carbonyl (C=O) groups is 1. The summed E-state index contributed by atoms with van der Waals surface area (Å²) in [4.78, 5) is 17.1. The van der Waals surface area contributed by atoms with E-state index in [4.69, 9.17) is 9.47 Å². The first-order valence-corrected chi connectivity index (χ1v) is 12.6. The van der Waals surface area contributed by atoms with Gasteiger partial charge < -0.3 is 19.3 Å². The van der Waals surface area contributed by atoms with E-state index in [9.17, 15) is 4.79 Å². The number of amides is 1. The first-order valence-electron chi connectivity index (χ1n) is 12.6. The van der Waals surface area contributed by atoms with Crippen molar-refractivity contribution in [3.63, 3.8) is 0 Å². The van der Waals surface area contributed by atoms with Crippen LogP contribution in [-0.2, 0) is 21.5 Å². The first-order chi connectivity index (χ1) is 16.3. The van der Waals surface area contributed by atoms with Crippen LogP contribution in [0, 0.1) is 5.92 Å². The standard InChI is InChI=1S/C29H42N2O3/c1-7-28(32)31(21-23-12-14-24(15-13-23)30(4)5)18-16-29(17-19-34-27(20-29)22(2)3)25-10-8-9-11-26(25)33-6/h8-15,22,27H,7,16-21H2,1-6H3/t27-,29-/m0/s1. The fourth-order valence-corrected chi connectivity index (χ4v) is 5.05. The normalized spacial score (nSPS) is 20.3. The van der Waals surface area contributed by atoms with Crippen molar-refractivity contribution in [3.8, 4) is 5.75 Å². The number of anilines is 1. The molecule has 34 heavy (non-hydrogen) atoms. The Kier molecular flexibility index (Phi) is 9.01. The molecule has 0 radical (unpaired) electrons. The van der Waals surface area contributed by atoms with Gasteiger partial charge in [-0.05, 0) is 48.9 Å². The van der Waals surface area contributed by atoms with Gasteiger partial charge in [-0.1, -0.05) is 51.1 Å². The Hall–Kier alpha value is -2.53. The number of hydrogen-bond acceptors (Lipinski definition) is 4. The summed E-state index contributed by atoms with van der Waals surface area (Å²) in [5.74, 6) is 1.57. The molecule has 1 heterocycles. The molecule has 0 unspecified atom stereocenters. The van der Waals surface area contributed by atoms with Gasteiger partial charge in [0, 0.05) is 56.9 Å². The minimum Gasteiger partial charge on any atom is -0.496 e. The highest BCUT2D eigenvalue weighted by Gasteiger charge is 2.41. The lowest BCUT2D eigenvalue weighted by Crippen LogP contribution is -2.44. The molecule has 0 aromatic heterocycles. The van der Waals surface area contributed by atoms with Crippen LogP contribution in [0.15, 0.2) is 48.5 Å². The number of ether oxygens (including phenoxy) is 2. The van der Waals surface area contributed by atoms with Crippen LogP contribution >= 0.6 is 0 Å². The fraction of sp³-hybridized carbons (Fsp3) is 0.552. The van der Waals surface area contributed by atoms with Crippen LogP contribution in [0.2, 0.25) is 0 Å². The Labute approximate surface area is 206 Å². The highest BCUT2D eigenvalue weighted by molar-refractivity contribution is 5.75. The van der Waals surface area contributed by atoms with Crippen molar-refractivity contribution in [2.24, 2.45) is 5.92 Å². The predicted molar refractivity (Wildman–Crippen MR) is 140 cm³/mol. The molecular formula is C29H42N2O3. The lowest BCUT2D eigenvalue weighted by atomic mass is 9.68. The molecule has 2 aromatic carbocycles. The van der Waals surface area contributed by atoms with Crippen LogP contribution in [0.25, 0.3) is 0 Å². The van der Waals surface area contributed by atoms with E-state index in [2.05, 4.69) is 61.2 Å². The second-order valence-corrected chi connectivity index (χ2v) is 10.1. The van der Waals surface area contributed by atoms with Gasteiger partial charge in [-0.3, -0.25) is 4.79 Å². The van der Waals surface area contributed by atoms with Gasteiger partial charge in [0.1, 0.15) is 5.75 Å². The molecule has 0 spiro atoms. The minimum absolute atomic E-state index is 0.0825. The SMILES string of the molecule is CCC(=O)N(CC[C@]1(c2ccccc2OC)CCO[C@H](C(C)C)C1)Cc1ccc(N(C)C)cc1. The Morgan fingerprint density at radius 1 is 1.15 bits per heavy atom. The Bertz CT molecular complexity index is 925. The van der Waals surface area contributed by atoms with E-state index in [-0.39, 0.29) is 17.4 Å². The molecule has 1 amide bonds. The van der Waals surface area contributed by atoms with E-state index in [1.165, 1.54) is 5.56 Å². The van der Waals surface area contributed by atoms with Gasteiger partial charge in [-0.25, -0.2) is 0 Å².